The van der Waals surface area contributed by atoms with Gasteiger partial charge in [0.1, 0.15) is 12.1 Å². The number of ether oxygens (including phenoxy) is 2. The van der Waals surface area contributed by atoms with E-state index in [4.69, 9.17) is 9.47 Å². The van der Waals surface area contributed by atoms with Crippen LogP contribution in [0.1, 0.15) is 133 Å². The van der Waals surface area contributed by atoms with E-state index < -0.39 is 36.1 Å². The van der Waals surface area contributed by atoms with Gasteiger partial charge in [-0.3, -0.25) is 0 Å². The molecule has 312 valence electrons. The summed E-state index contributed by atoms with van der Waals surface area (Å²) in [7, 11) is 0. The summed E-state index contributed by atoms with van der Waals surface area (Å²) in [4.78, 5) is 53.0. The van der Waals surface area contributed by atoms with Crippen LogP contribution in [0.2, 0.25) is 0 Å². The van der Waals surface area contributed by atoms with E-state index in [1.807, 2.05) is 67.6 Å². The standard InChI is InChI=1S/C47H68N4O6/c1-4-6-8-10-12-14-16-24-32-56-44(52)42(34-38-26-20-18-21-27-38)50-46(54)48-40-31-30-37(3)41(36-40)49-47(55)51-43(35-39-28-22-19-23-29-39)45(53)57-33-25-17-15-13-11-9-7-5-2/h18-23,26-31,36,42-43H,4-17,24-25,32-35H2,1-3H3,(H2,48,50,54)(H2,49,51,55). The van der Waals surface area contributed by atoms with Crippen LogP contribution in [-0.2, 0) is 31.9 Å². The topological polar surface area (TPSA) is 135 Å². The van der Waals surface area contributed by atoms with Gasteiger partial charge in [0.2, 0.25) is 0 Å². The van der Waals surface area contributed by atoms with Gasteiger partial charge in [0.05, 0.1) is 13.2 Å². The predicted octanol–water partition coefficient (Wildman–Crippen LogP) is 10.8. The van der Waals surface area contributed by atoms with E-state index in [2.05, 4.69) is 35.1 Å². The zero-order valence-corrected chi connectivity index (χ0v) is 34.8. The van der Waals surface area contributed by atoms with Crippen LogP contribution in [0.5, 0.6) is 0 Å². The normalized spacial score (nSPS) is 11.9. The SMILES string of the molecule is CCCCCCCCCCOC(=O)C(Cc1ccccc1)NC(=O)Nc1ccc(C)c(NC(=O)NC(Cc2ccccc2)C(=O)OCCCCCCCCCC)c1. The maximum Gasteiger partial charge on any atom is 0.329 e. The first-order valence-corrected chi connectivity index (χ1v) is 21.5. The lowest BCUT2D eigenvalue weighted by Crippen LogP contribution is -2.45. The molecule has 0 aromatic heterocycles. The highest BCUT2D eigenvalue weighted by Gasteiger charge is 2.25. The molecule has 10 heteroatoms. The van der Waals surface area contributed by atoms with Crippen LogP contribution in [0.3, 0.4) is 0 Å². The lowest BCUT2D eigenvalue weighted by molar-refractivity contribution is -0.146. The van der Waals surface area contributed by atoms with Gasteiger partial charge in [-0.1, -0.05) is 170 Å². The van der Waals surface area contributed by atoms with E-state index in [0.29, 0.717) is 24.6 Å². The summed E-state index contributed by atoms with van der Waals surface area (Å²) in [5.74, 6) is -0.969. The Morgan fingerprint density at radius 2 is 0.912 bits per heavy atom. The minimum atomic E-state index is -0.898. The van der Waals surface area contributed by atoms with Gasteiger partial charge in [0, 0.05) is 24.2 Å². The third-order valence-electron chi connectivity index (χ3n) is 9.97. The molecule has 2 unspecified atom stereocenters. The van der Waals surface area contributed by atoms with Crippen LogP contribution in [0, 0.1) is 6.92 Å². The molecule has 3 aromatic rings. The second-order valence-electron chi connectivity index (χ2n) is 15.0. The van der Waals surface area contributed by atoms with Crippen LogP contribution in [0.15, 0.2) is 78.9 Å². The minimum Gasteiger partial charge on any atom is -0.464 e. The summed E-state index contributed by atoms with van der Waals surface area (Å²) in [6, 6.07) is 21.1. The number of amides is 4. The number of carbonyl (C=O) groups is 4. The van der Waals surface area contributed by atoms with Crippen molar-refractivity contribution in [3.05, 3.63) is 95.6 Å². The highest BCUT2D eigenvalue weighted by molar-refractivity contribution is 5.96. The lowest BCUT2D eigenvalue weighted by atomic mass is 10.1. The van der Waals surface area contributed by atoms with E-state index >= 15 is 0 Å². The van der Waals surface area contributed by atoms with Gasteiger partial charge < -0.3 is 30.7 Å². The average Bonchev–Trinajstić information content (AvgIpc) is 3.21. The predicted molar refractivity (Wildman–Crippen MR) is 230 cm³/mol. The second-order valence-corrected chi connectivity index (χ2v) is 15.0. The Balaban J connectivity index is 1.56. The zero-order valence-electron chi connectivity index (χ0n) is 34.8. The molecule has 57 heavy (non-hydrogen) atoms. The number of unbranched alkanes of at least 4 members (excludes halogenated alkanes) is 14. The summed E-state index contributed by atoms with van der Waals surface area (Å²) in [6.07, 6.45) is 18.7. The van der Waals surface area contributed by atoms with Crippen molar-refractivity contribution in [2.75, 3.05) is 23.8 Å². The van der Waals surface area contributed by atoms with Crippen molar-refractivity contribution in [3.8, 4) is 0 Å². The van der Waals surface area contributed by atoms with Gasteiger partial charge in [-0.2, -0.15) is 0 Å². The lowest BCUT2D eigenvalue weighted by Gasteiger charge is -2.20. The van der Waals surface area contributed by atoms with Crippen molar-refractivity contribution in [2.24, 2.45) is 0 Å². The largest absolute Gasteiger partial charge is 0.464 e. The molecule has 4 amide bonds. The van der Waals surface area contributed by atoms with Gasteiger partial charge >= 0.3 is 24.0 Å². The fraction of sp³-hybridized carbons (Fsp3) is 0.532. The van der Waals surface area contributed by atoms with Crippen LogP contribution in [0.25, 0.3) is 0 Å². The van der Waals surface area contributed by atoms with Gasteiger partial charge in [0.25, 0.3) is 0 Å². The molecule has 4 N–H and O–H groups in total. The molecular formula is C47H68N4O6. The number of carbonyl (C=O) groups excluding carboxylic acids is 4. The summed E-state index contributed by atoms with van der Waals surface area (Å²) < 4.78 is 11.2. The molecule has 0 aliphatic carbocycles. The smallest absolute Gasteiger partial charge is 0.329 e. The number of benzene rings is 3. The molecule has 0 fully saturated rings. The Morgan fingerprint density at radius 1 is 0.509 bits per heavy atom. The number of urea groups is 2. The minimum absolute atomic E-state index is 0.275. The van der Waals surface area contributed by atoms with E-state index in [1.165, 1.54) is 64.2 Å². The Bertz CT molecular complexity index is 1590. The van der Waals surface area contributed by atoms with Gasteiger partial charge in [-0.25, -0.2) is 19.2 Å². The third kappa shape index (κ3) is 20.2. The Kier molecular flexibility index (Phi) is 23.3. The average molecular weight is 785 g/mol. The van der Waals surface area contributed by atoms with Crippen molar-refractivity contribution < 1.29 is 28.7 Å². The summed E-state index contributed by atoms with van der Waals surface area (Å²) in [6.45, 7) is 6.86. The van der Waals surface area contributed by atoms with E-state index in [-0.39, 0.29) is 12.8 Å². The molecule has 0 heterocycles. The number of hydrogen-bond acceptors (Lipinski definition) is 6. The number of aryl methyl sites for hydroxylation is 1. The van der Waals surface area contributed by atoms with Crippen LogP contribution in [0.4, 0.5) is 21.0 Å². The molecule has 0 aliphatic heterocycles. The molecule has 0 spiro atoms. The Morgan fingerprint density at radius 3 is 1.35 bits per heavy atom. The third-order valence-corrected chi connectivity index (χ3v) is 9.97. The Hall–Kier alpha value is -4.86. The molecule has 0 saturated heterocycles. The van der Waals surface area contributed by atoms with Crippen molar-refractivity contribution in [3.63, 3.8) is 0 Å². The van der Waals surface area contributed by atoms with Crippen molar-refractivity contribution >= 4 is 35.4 Å². The fourth-order valence-electron chi connectivity index (χ4n) is 6.58. The first-order valence-electron chi connectivity index (χ1n) is 21.5. The van der Waals surface area contributed by atoms with Crippen molar-refractivity contribution in [1.82, 2.24) is 10.6 Å². The molecular weight excluding hydrogens is 717 g/mol. The first kappa shape index (κ1) is 46.5. The summed E-state index contributed by atoms with van der Waals surface area (Å²) >= 11 is 0. The number of anilines is 2. The van der Waals surface area contributed by atoms with Crippen LogP contribution >= 0.6 is 0 Å². The molecule has 3 rings (SSSR count). The van der Waals surface area contributed by atoms with Crippen LogP contribution < -0.4 is 21.3 Å². The molecule has 10 nitrogen and oxygen atoms in total. The maximum atomic E-state index is 13.3. The van der Waals surface area contributed by atoms with E-state index in [9.17, 15) is 19.2 Å². The molecule has 0 radical (unpaired) electrons. The van der Waals surface area contributed by atoms with Crippen molar-refractivity contribution in [2.45, 2.75) is 148 Å². The zero-order chi connectivity index (χ0) is 40.9. The fourth-order valence-corrected chi connectivity index (χ4v) is 6.58. The summed E-state index contributed by atoms with van der Waals surface area (Å²) in [5.41, 5.74) is 3.39. The second kappa shape index (κ2) is 28.5. The first-order chi connectivity index (χ1) is 27.8. The number of nitrogens with one attached hydrogen (secondary N) is 4. The van der Waals surface area contributed by atoms with Crippen molar-refractivity contribution in [1.29, 1.82) is 0 Å². The molecule has 0 bridgehead atoms. The Labute approximate surface area is 341 Å². The monoisotopic (exact) mass is 785 g/mol. The highest BCUT2D eigenvalue weighted by Crippen LogP contribution is 2.21. The van der Waals surface area contributed by atoms with Gasteiger partial charge in [0.15, 0.2) is 0 Å². The van der Waals surface area contributed by atoms with Gasteiger partial charge in [-0.05, 0) is 48.6 Å². The number of hydrogen-bond donors (Lipinski definition) is 4. The van der Waals surface area contributed by atoms with Gasteiger partial charge in [-0.15, -0.1) is 0 Å². The highest BCUT2D eigenvalue weighted by atomic mass is 16.5. The number of esters is 2. The van der Waals surface area contributed by atoms with E-state index in [0.717, 1.165) is 55.2 Å². The number of rotatable bonds is 28. The quantitative estimate of drug-likeness (QED) is 0.0428. The maximum absolute atomic E-state index is 13.3. The molecule has 2 atom stereocenters. The summed E-state index contributed by atoms with van der Waals surface area (Å²) in [5, 5.41) is 11.2. The van der Waals surface area contributed by atoms with E-state index in [1.54, 1.807) is 18.2 Å². The molecule has 0 aliphatic rings. The molecule has 3 aromatic carbocycles. The molecule has 0 saturated carbocycles. The van der Waals surface area contributed by atoms with Crippen LogP contribution in [-0.4, -0.2) is 49.3 Å².